The molecule has 0 radical (unpaired) electrons. The standard InChI is InChI=1S/C16H14OS/c1-11-7-8-15-13(9-11)16(17)14(10-18-15)12-5-3-2-4-6-12/h2-9,14H,10H2,1H3. The van der Waals surface area contributed by atoms with Crippen molar-refractivity contribution >= 4 is 17.5 Å². The highest BCUT2D eigenvalue weighted by Gasteiger charge is 2.28. The van der Waals surface area contributed by atoms with Crippen molar-refractivity contribution in [2.24, 2.45) is 0 Å². The molecule has 0 spiro atoms. The van der Waals surface area contributed by atoms with Gasteiger partial charge in [-0.1, -0.05) is 42.0 Å². The second-order valence-electron chi connectivity index (χ2n) is 4.64. The average Bonchev–Trinajstić information content (AvgIpc) is 2.41. The van der Waals surface area contributed by atoms with Crippen LogP contribution in [0.5, 0.6) is 0 Å². The number of carbonyl (C=O) groups excluding carboxylic acids is 1. The second kappa shape index (κ2) is 4.62. The van der Waals surface area contributed by atoms with E-state index in [1.54, 1.807) is 11.8 Å². The van der Waals surface area contributed by atoms with Gasteiger partial charge in [0, 0.05) is 16.2 Å². The van der Waals surface area contributed by atoms with Gasteiger partial charge in [-0.05, 0) is 24.6 Å². The molecule has 3 rings (SSSR count). The summed E-state index contributed by atoms with van der Waals surface area (Å²) >= 11 is 1.78. The lowest BCUT2D eigenvalue weighted by molar-refractivity contribution is 0.0962. The van der Waals surface area contributed by atoms with E-state index in [9.17, 15) is 4.79 Å². The molecule has 1 heterocycles. The van der Waals surface area contributed by atoms with E-state index in [-0.39, 0.29) is 11.7 Å². The Morgan fingerprint density at radius 3 is 2.67 bits per heavy atom. The molecule has 2 aromatic rings. The van der Waals surface area contributed by atoms with Crippen LogP contribution in [0.4, 0.5) is 0 Å². The second-order valence-corrected chi connectivity index (χ2v) is 5.70. The van der Waals surface area contributed by atoms with Gasteiger partial charge in [-0.2, -0.15) is 0 Å². The monoisotopic (exact) mass is 254 g/mol. The molecule has 0 bridgehead atoms. The minimum absolute atomic E-state index is 0.00509. The molecule has 1 aliphatic heterocycles. The van der Waals surface area contributed by atoms with E-state index in [2.05, 4.69) is 12.1 Å². The van der Waals surface area contributed by atoms with E-state index in [1.165, 1.54) is 0 Å². The zero-order valence-corrected chi connectivity index (χ0v) is 11.0. The van der Waals surface area contributed by atoms with Gasteiger partial charge in [-0.25, -0.2) is 0 Å². The Morgan fingerprint density at radius 1 is 1.11 bits per heavy atom. The number of fused-ring (bicyclic) bond motifs is 1. The zero-order valence-electron chi connectivity index (χ0n) is 10.2. The molecule has 1 atom stereocenters. The van der Waals surface area contributed by atoms with Crippen LogP contribution in [-0.4, -0.2) is 11.5 Å². The van der Waals surface area contributed by atoms with Gasteiger partial charge in [0.05, 0.1) is 5.92 Å². The SMILES string of the molecule is Cc1ccc2c(c1)C(=O)C(c1ccccc1)CS2. The summed E-state index contributed by atoms with van der Waals surface area (Å²) in [6.45, 7) is 2.03. The van der Waals surface area contributed by atoms with Crippen molar-refractivity contribution in [1.82, 2.24) is 0 Å². The lowest BCUT2D eigenvalue weighted by atomic mass is 9.91. The van der Waals surface area contributed by atoms with E-state index < -0.39 is 0 Å². The van der Waals surface area contributed by atoms with Crippen LogP contribution in [0.1, 0.15) is 27.4 Å². The summed E-state index contributed by atoms with van der Waals surface area (Å²) in [4.78, 5) is 13.7. The quantitative estimate of drug-likeness (QED) is 0.763. The zero-order chi connectivity index (χ0) is 12.5. The van der Waals surface area contributed by atoms with Gasteiger partial charge in [-0.3, -0.25) is 4.79 Å². The Hall–Kier alpha value is -1.54. The first-order valence-electron chi connectivity index (χ1n) is 6.08. The third-order valence-corrected chi connectivity index (χ3v) is 4.49. The number of thioether (sulfide) groups is 1. The van der Waals surface area contributed by atoms with Crippen molar-refractivity contribution < 1.29 is 4.79 Å². The predicted octanol–water partition coefficient (Wildman–Crippen LogP) is 4.07. The van der Waals surface area contributed by atoms with Crippen LogP contribution in [0.2, 0.25) is 0 Å². The molecule has 0 amide bonds. The molecule has 0 aromatic heterocycles. The fourth-order valence-electron chi connectivity index (χ4n) is 2.33. The van der Waals surface area contributed by atoms with E-state index in [1.807, 2.05) is 43.3 Å². The molecule has 0 saturated carbocycles. The lowest BCUT2D eigenvalue weighted by Crippen LogP contribution is -2.20. The number of ketones is 1. The fourth-order valence-corrected chi connectivity index (χ4v) is 3.50. The molecule has 1 unspecified atom stereocenters. The van der Waals surface area contributed by atoms with Gasteiger partial charge < -0.3 is 0 Å². The highest BCUT2D eigenvalue weighted by Crippen LogP contribution is 2.37. The Bertz CT molecular complexity index is 589. The van der Waals surface area contributed by atoms with Crippen molar-refractivity contribution in [3.63, 3.8) is 0 Å². The highest BCUT2D eigenvalue weighted by atomic mass is 32.2. The third-order valence-electron chi connectivity index (χ3n) is 3.32. The van der Waals surface area contributed by atoms with Crippen molar-refractivity contribution in [1.29, 1.82) is 0 Å². The molecule has 90 valence electrons. The molecule has 1 aliphatic rings. The summed E-state index contributed by atoms with van der Waals surface area (Å²) in [5.41, 5.74) is 3.17. The molecule has 0 N–H and O–H groups in total. The topological polar surface area (TPSA) is 17.1 Å². The number of carbonyl (C=O) groups is 1. The van der Waals surface area contributed by atoms with Gasteiger partial charge in [0.2, 0.25) is 0 Å². The van der Waals surface area contributed by atoms with Crippen LogP contribution in [0.3, 0.4) is 0 Å². The van der Waals surface area contributed by atoms with Gasteiger partial charge in [0.25, 0.3) is 0 Å². The molecule has 1 nitrogen and oxygen atoms in total. The Balaban J connectivity index is 2.02. The summed E-state index contributed by atoms with van der Waals surface area (Å²) in [5.74, 6) is 1.11. The molecule has 18 heavy (non-hydrogen) atoms. The minimum atomic E-state index is 0.00509. The van der Waals surface area contributed by atoms with E-state index in [0.29, 0.717) is 0 Å². The maximum Gasteiger partial charge on any atom is 0.172 e. The van der Waals surface area contributed by atoms with Crippen LogP contribution in [-0.2, 0) is 0 Å². The number of rotatable bonds is 1. The van der Waals surface area contributed by atoms with Gasteiger partial charge >= 0.3 is 0 Å². The van der Waals surface area contributed by atoms with Crippen LogP contribution in [0.25, 0.3) is 0 Å². The van der Waals surface area contributed by atoms with Crippen LogP contribution in [0.15, 0.2) is 53.4 Å². The van der Waals surface area contributed by atoms with Crippen molar-refractivity contribution in [2.45, 2.75) is 17.7 Å². The van der Waals surface area contributed by atoms with Gasteiger partial charge in [0.15, 0.2) is 5.78 Å². The summed E-state index contributed by atoms with van der Waals surface area (Å²) in [7, 11) is 0. The van der Waals surface area contributed by atoms with Crippen LogP contribution < -0.4 is 0 Å². The molecule has 0 saturated heterocycles. The molecule has 0 fully saturated rings. The fraction of sp³-hybridized carbons (Fsp3) is 0.188. The number of hydrogen-bond donors (Lipinski definition) is 0. The number of hydrogen-bond acceptors (Lipinski definition) is 2. The molecule has 2 aromatic carbocycles. The first kappa shape index (κ1) is 11.5. The summed E-state index contributed by atoms with van der Waals surface area (Å²) in [6.07, 6.45) is 0. The van der Waals surface area contributed by atoms with E-state index >= 15 is 0 Å². The van der Waals surface area contributed by atoms with E-state index in [0.717, 1.165) is 27.3 Å². The number of aryl methyl sites for hydroxylation is 1. The van der Waals surface area contributed by atoms with Gasteiger partial charge in [-0.15, -0.1) is 11.8 Å². The number of benzene rings is 2. The lowest BCUT2D eigenvalue weighted by Gasteiger charge is -2.23. The average molecular weight is 254 g/mol. The first-order valence-corrected chi connectivity index (χ1v) is 7.07. The number of Topliss-reactive ketones (excluding diaryl/α,β-unsaturated/α-hetero) is 1. The summed E-state index contributed by atoms with van der Waals surface area (Å²) in [5, 5.41) is 0. The van der Waals surface area contributed by atoms with E-state index in [4.69, 9.17) is 0 Å². The molecular weight excluding hydrogens is 240 g/mol. The normalized spacial score (nSPS) is 18.5. The van der Waals surface area contributed by atoms with Crippen LogP contribution >= 0.6 is 11.8 Å². The third kappa shape index (κ3) is 1.97. The summed E-state index contributed by atoms with van der Waals surface area (Å²) < 4.78 is 0. The van der Waals surface area contributed by atoms with Crippen molar-refractivity contribution in [3.8, 4) is 0 Å². The largest absolute Gasteiger partial charge is 0.293 e. The molecular formula is C16H14OS. The first-order chi connectivity index (χ1) is 8.75. The van der Waals surface area contributed by atoms with Crippen molar-refractivity contribution in [3.05, 3.63) is 65.2 Å². The van der Waals surface area contributed by atoms with Crippen LogP contribution in [0, 0.1) is 6.92 Å². The Labute approximate surface area is 111 Å². The maximum atomic E-state index is 12.6. The maximum absolute atomic E-state index is 12.6. The predicted molar refractivity (Wildman–Crippen MR) is 75.4 cm³/mol. The highest BCUT2D eigenvalue weighted by molar-refractivity contribution is 7.99. The minimum Gasteiger partial charge on any atom is -0.293 e. The Kier molecular flexibility index (Phi) is 2.96. The van der Waals surface area contributed by atoms with Gasteiger partial charge in [0.1, 0.15) is 0 Å². The smallest absolute Gasteiger partial charge is 0.172 e. The Morgan fingerprint density at radius 2 is 1.89 bits per heavy atom. The van der Waals surface area contributed by atoms with Crippen molar-refractivity contribution in [2.75, 3.05) is 5.75 Å². The molecule has 2 heteroatoms. The summed E-state index contributed by atoms with van der Waals surface area (Å²) in [6, 6.07) is 16.2. The molecule has 0 aliphatic carbocycles.